The van der Waals surface area contributed by atoms with Gasteiger partial charge in [-0.1, -0.05) is 0 Å². The highest BCUT2D eigenvalue weighted by atomic mass is 16.7. The van der Waals surface area contributed by atoms with E-state index in [2.05, 4.69) is 0 Å². The Kier molecular flexibility index (Phi) is 2.83. The first-order chi connectivity index (χ1) is 5.63. The number of hydrogen-bond donors (Lipinski definition) is 1. The van der Waals surface area contributed by atoms with Crippen LogP contribution in [0.1, 0.15) is 13.8 Å². The van der Waals surface area contributed by atoms with Gasteiger partial charge in [0.1, 0.15) is 0 Å². The van der Waals surface area contributed by atoms with Gasteiger partial charge in [0.2, 0.25) is 6.29 Å². The zero-order valence-electron chi connectivity index (χ0n) is 7.11. The molecular formula is C8H12O4. The van der Waals surface area contributed by atoms with E-state index in [9.17, 15) is 4.79 Å². The number of carbonyl (C=O) groups is 1. The maximum Gasteiger partial charge on any atom is 0.305 e. The van der Waals surface area contributed by atoms with E-state index in [-0.39, 0.29) is 18.7 Å². The van der Waals surface area contributed by atoms with Crippen LogP contribution in [0, 0.1) is 0 Å². The van der Waals surface area contributed by atoms with E-state index >= 15 is 0 Å². The minimum Gasteiger partial charge on any atom is -0.432 e. The third-order valence-electron chi connectivity index (χ3n) is 1.68. The van der Waals surface area contributed by atoms with Crippen LogP contribution in [-0.4, -0.2) is 30.1 Å². The van der Waals surface area contributed by atoms with E-state index in [0.717, 1.165) is 5.57 Å². The third kappa shape index (κ3) is 2.06. The summed E-state index contributed by atoms with van der Waals surface area (Å²) in [5, 5.41) is 8.80. The van der Waals surface area contributed by atoms with Crippen molar-refractivity contribution in [1.82, 2.24) is 0 Å². The van der Waals surface area contributed by atoms with Gasteiger partial charge in [0.15, 0.2) is 0 Å². The third-order valence-corrected chi connectivity index (χ3v) is 1.68. The Morgan fingerprint density at radius 2 is 2.50 bits per heavy atom. The van der Waals surface area contributed by atoms with Gasteiger partial charge in [-0.05, 0) is 18.6 Å². The molecule has 0 aliphatic carbocycles. The molecule has 1 heterocycles. The van der Waals surface area contributed by atoms with Crippen molar-refractivity contribution in [2.24, 2.45) is 0 Å². The second-order valence-electron chi connectivity index (χ2n) is 2.66. The summed E-state index contributed by atoms with van der Waals surface area (Å²) in [6.07, 6.45) is 0.825. The summed E-state index contributed by atoms with van der Waals surface area (Å²) in [5.74, 6) is -0.386. The molecule has 12 heavy (non-hydrogen) atoms. The SMILES string of the molecule is CC(=O)OC1C=C(CO)C(C)O1. The largest absolute Gasteiger partial charge is 0.432 e. The molecule has 0 aromatic rings. The average molecular weight is 172 g/mol. The molecular weight excluding hydrogens is 160 g/mol. The maximum absolute atomic E-state index is 10.5. The summed E-state index contributed by atoms with van der Waals surface area (Å²) in [7, 11) is 0. The van der Waals surface area contributed by atoms with Crippen molar-refractivity contribution in [3.63, 3.8) is 0 Å². The lowest BCUT2D eigenvalue weighted by atomic mass is 10.2. The Morgan fingerprint density at radius 1 is 1.83 bits per heavy atom. The summed E-state index contributed by atoms with van der Waals surface area (Å²) in [6, 6.07) is 0. The molecule has 1 aliphatic rings. The van der Waals surface area contributed by atoms with Crippen LogP contribution in [0.4, 0.5) is 0 Å². The zero-order chi connectivity index (χ0) is 9.14. The van der Waals surface area contributed by atoms with Gasteiger partial charge >= 0.3 is 5.97 Å². The second-order valence-corrected chi connectivity index (χ2v) is 2.66. The molecule has 0 saturated heterocycles. The van der Waals surface area contributed by atoms with E-state index < -0.39 is 6.29 Å². The smallest absolute Gasteiger partial charge is 0.305 e. The Labute approximate surface area is 70.8 Å². The lowest BCUT2D eigenvalue weighted by Crippen LogP contribution is -2.16. The standard InChI is InChI=1S/C8H12O4/c1-5-7(4-9)3-8(11-5)12-6(2)10/h3,5,8-9H,4H2,1-2H3. The van der Waals surface area contributed by atoms with Gasteiger partial charge in [-0.25, -0.2) is 0 Å². The summed E-state index contributed by atoms with van der Waals surface area (Å²) >= 11 is 0. The van der Waals surface area contributed by atoms with Crippen molar-refractivity contribution < 1.29 is 19.4 Å². The number of esters is 1. The van der Waals surface area contributed by atoms with E-state index in [4.69, 9.17) is 14.6 Å². The number of carbonyl (C=O) groups excluding carboxylic acids is 1. The molecule has 4 nitrogen and oxygen atoms in total. The maximum atomic E-state index is 10.5. The van der Waals surface area contributed by atoms with Crippen molar-refractivity contribution in [3.05, 3.63) is 11.6 Å². The van der Waals surface area contributed by atoms with Crippen LogP contribution in [0.15, 0.2) is 11.6 Å². The van der Waals surface area contributed by atoms with E-state index in [1.54, 1.807) is 13.0 Å². The topological polar surface area (TPSA) is 55.8 Å². The molecule has 0 radical (unpaired) electrons. The van der Waals surface area contributed by atoms with Gasteiger partial charge in [-0.2, -0.15) is 0 Å². The van der Waals surface area contributed by atoms with E-state index in [0.29, 0.717) is 0 Å². The Bertz CT molecular complexity index is 209. The average Bonchev–Trinajstić information content (AvgIpc) is 2.29. The Morgan fingerprint density at radius 3 is 2.92 bits per heavy atom. The first kappa shape index (κ1) is 9.22. The molecule has 0 bridgehead atoms. The van der Waals surface area contributed by atoms with Gasteiger partial charge in [0.05, 0.1) is 12.7 Å². The fourth-order valence-corrected chi connectivity index (χ4v) is 1.04. The lowest BCUT2D eigenvalue weighted by Gasteiger charge is -2.10. The molecule has 2 unspecified atom stereocenters. The van der Waals surface area contributed by atoms with Crippen molar-refractivity contribution in [2.75, 3.05) is 6.61 Å². The van der Waals surface area contributed by atoms with Crippen LogP contribution in [0.5, 0.6) is 0 Å². The number of aliphatic hydroxyl groups is 1. The highest BCUT2D eigenvalue weighted by Crippen LogP contribution is 2.19. The lowest BCUT2D eigenvalue weighted by molar-refractivity contribution is -0.166. The molecule has 1 aliphatic heterocycles. The van der Waals surface area contributed by atoms with Gasteiger partial charge < -0.3 is 14.6 Å². The van der Waals surface area contributed by atoms with Crippen molar-refractivity contribution >= 4 is 5.97 Å². The quantitative estimate of drug-likeness (QED) is 0.478. The summed E-state index contributed by atoms with van der Waals surface area (Å²) in [4.78, 5) is 10.5. The Balaban J connectivity index is 2.52. The Hall–Kier alpha value is -0.870. The zero-order valence-corrected chi connectivity index (χ0v) is 7.11. The van der Waals surface area contributed by atoms with Gasteiger partial charge in [0, 0.05) is 6.92 Å². The molecule has 0 aromatic carbocycles. The van der Waals surface area contributed by atoms with E-state index in [1.807, 2.05) is 0 Å². The second kappa shape index (κ2) is 3.69. The molecule has 68 valence electrons. The fraction of sp³-hybridized carbons (Fsp3) is 0.625. The molecule has 2 atom stereocenters. The summed E-state index contributed by atoms with van der Waals surface area (Å²) in [6.45, 7) is 3.06. The molecule has 0 amide bonds. The van der Waals surface area contributed by atoms with Crippen molar-refractivity contribution in [2.45, 2.75) is 26.2 Å². The molecule has 0 spiro atoms. The van der Waals surface area contributed by atoms with E-state index in [1.165, 1.54) is 6.92 Å². The number of rotatable bonds is 2. The van der Waals surface area contributed by atoms with Crippen LogP contribution < -0.4 is 0 Å². The van der Waals surface area contributed by atoms with Crippen LogP contribution in [-0.2, 0) is 14.3 Å². The first-order valence-electron chi connectivity index (χ1n) is 3.77. The molecule has 0 aromatic heterocycles. The summed E-state index contributed by atoms with van der Waals surface area (Å²) < 4.78 is 9.94. The normalized spacial score (nSPS) is 28.4. The van der Waals surface area contributed by atoms with Crippen LogP contribution in [0.25, 0.3) is 0 Å². The predicted octanol–water partition coefficient (Wildman–Crippen LogP) is 0.213. The summed E-state index contributed by atoms with van der Waals surface area (Å²) in [5.41, 5.74) is 0.751. The fourth-order valence-electron chi connectivity index (χ4n) is 1.04. The van der Waals surface area contributed by atoms with Gasteiger partial charge in [0.25, 0.3) is 0 Å². The predicted molar refractivity (Wildman–Crippen MR) is 41.3 cm³/mol. The van der Waals surface area contributed by atoms with Crippen LogP contribution in [0.2, 0.25) is 0 Å². The highest BCUT2D eigenvalue weighted by Gasteiger charge is 2.24. The van der Waals surface area contributed by atoms with Crippen LogP contribution >= 0.6 is 0 Å². The number of aliphatic hydroxyl groups excluding tert-OH is 1. The van der Waals surface area contributed by atoms with Crippen molar-refractivity contribution in [1.29, 1.82) is 0 Å². The number of ether oxygens (including phenoxy) is 2. The first-order valence-corrected chi connectivity index (χ1v) is 3.77. The van der Waals surface area contributed by atoms with Crippen LogP contribution in [0.3, 0.4) is 0 Å². The molecule has 1 rings (SSSR count). The monoisotopic (exact) mass is 172 g/mol. The molecule has 0 saturated carbocycles. The van der Waals surface area contributed by atoms with Gasteiger partial charge in [-0.15, -0.1) is 0 Å². The molecule has 4 heteroatoms. The van der Waals surface area contributed by atoms with Gasteiger partial charge in [-0.3, -0.25) is 4.79 Å². The minimum absolute atomic E-state index is 0.0566. The van der Waals surface area contributed by atoms with Crippen molar-refractivity contribution in [3.8, 4) is 0 Å². The molecule has 0 fully saturated rings. The number of hydrogen-bond acceptors (Lipinski definition) is 4. The highest BCUT2D eigenvalue weighted by molar-refractivity contribution is 5.66. The molecule has 1 N–H and O–H groups in total. The minimum atomic E-state index is -0.625.